The molecule has 2 aliphatic rings. The summed E-state index contributed by atoms with van der Waals surface area (Å²) in [6, 6.07) is 3.90. The summed E-state index contributed by atoms with van der Waals surface area (Å²) in [5.41, 5.74) is 13.8. The molecule has 2 N–H and O–H groups in total. The molecule has 6 nitrogen and oxygen atoms in total. The van der Waals surface area contributed by atoms with Gasteiger partial charge in [-0.25, -0.2) is 5.70 Å². The van der Waals surface area contributed by atoms with Gasteiger partial charge in [-0.3, -0.25) is 0 Å². The molecule has 0 spiro atoms. The van der Waals surface area contributed by atoms with Crippen LogP contribution in [0.4, 0.5) is 0 Å². The summed E-state index contributed by atoms with van der Waals surface area (Å²) in [6.45, 7) is 0. The van der Waals surface area contributed by atoms with Crippen LogP contribution in [-0.4, -0.2) is 30.6 Å². The average molecular weight is 430 g/mol. The van der Waals surface area contributed by atoms with Crippen molar-refractivity contribution in [3.05, 3.63) is 108 Å². The van der Waals surface area contributed by atoms with Gasteiger partial charge in [0.25, 0.3) is 0 Å². The first-order valence-corrected chi connectivity index (χ1v) is 10.7. The number of aliphatic imine (C=N–C) groups is 2. The Morgan fingerprint density at radius 1 is 1.03 bits per heavy atom. The first-order valence-electron chi connectivity index (χ1n) is 8.97. The molecule has 0 aromatic carbocycles. The van der Waals surface area contributed by atoms with Crippen LogP contribution in [-0.2, 0) is 17.9 Å². The van der Waals surface area contributed by atoms with Gasteiger partial charge in [-0.1, -0.05) is 18.5 Å². The van der Waals surface area contributed by atoms with E-state index in [1.165, 1.54) is 0 Å². The summed E-state index contributed by atoms with van der Waals surface area (Å²) in [5, 5.41) is 0. The van der Waals surface area contributed by atoms with Crippen LogP contribution >= 0.6 is 0 Å². The number of nitrogens with zero attached hydrogens (tertiary/aromatic N) is 4. The van der Waals surface area contributed by atoms with Crippen molar-refractivity contribution < 1.29 is 17.9 Å². The van der Waals surface area contributed by atoms with Gasteiger partial charge in [0, 0.05) is 6.33 Å². The summed E-state index contributed by atoms with van der Waals surface area (Å²) in [6.07, 6.45) is 23.3. The molecule has 4 heterocycles. The zero-order valence-corrected chi connectivity index (χ0v) is 18.5. The molecule has 0 bridgehead atoms. The number of imidazole rings is 1. The SMILES string of the molecule is [NH-]C(C=[C-]n1ccnc1)=Cc1ccc(C=C2C=CC(C=C3C=CC([CH]=[Zn])=N3)=N2)[nH]1. The second-order valence-corrected chi connectivity index (χ2v) is 7.15. The van der Waals surface area contributed by atoms with Crippen LogP contribution < -0.4 is 0 Å². The molecule has 29 heavy (non-hydrogen) atoms. The molecular formula is C22H16N6Zn-2. The summed E-state index contributed by atoms with van der Waals surface area (Å²) in [7, 11) is 0. The predicted octanol–water partition coefficient (Wildman–Crippen LogP) is 4.06. The van der Waals surface area contributed by atoms with Crippen LogP contribution in [0.2, 0.25) is 0 Å². The second-order valence-electron chi connectivity index (χ2n) is 6.29. The third kappa shape index (κ3) is 5.09. The third-order valence-electron chi connectivity index (χ3n) is 4.09. The van der Waals surface area contributed by atoms with Gasteiger partial charge in [-0.15, -0.1) is 6.08 Å². The van der Waals surface area contributed by atoms with E-state index >= 15 is 0 Å². The fourth-order valence-electron chi connectivity index (χ4n) is 2.74. The van der Waals surface area contributed by atoms with Gasteiger partial charge in [0.1, 0.15) is 0 Å². The number of allylic oxidation sites excluding steroid dienone is 6. The van der Waals surface area contributed by atoms with Crippen molar-refractivity contribution >= 4 is 28.2 Å². The number of hydrogen-bond donors (Lipinski definition) is 1. The number of H-pyrrole nitrogens is 1. The van der Waals surface area contributed by atoms with E-state index < -0.39 is 0 Å². The van der Waals surface area contributed by atoms with E-state index in [1.807, 2.05) is 48.6 Å². The number of rotatable bonds is 6. The molecule has 2 aromatic rings. The Hall–Kier alpha value is -3.44. The molecule has 7 heteroatoms. The zero-order valence-electron chi connectivity index (χ0n) is 15.6. The molecule has 4 rings (SSSR count). The Bertz CT molecular complexity index is 1160. The van der Waals surface area contributed by atoms with E-state index in [0.717, 1.165) is 52.1 Å². The standard InChI is InChI=1S/C22H16N6.Zn/c1-16-2-3-19(25-16)13-20-6-7-22(27-20)14-21-5-4-18(26-21)12-17(23)8-10-28-11-9-24-15-28;/h1-9,11-15,23,26H;/q-2;. The molecule has 0 radical (unpaired) electrons. The number of aromatic amines is 1. The van der Waals surface area contributed by atoms with Crippen molar-refractivity contribution in [2.75, 3.05) is 0 Å². The van der Waals surface area contributed by atoms with Crippen molar-refractivity contribution in [1.29, 1.82) is 0 Å². The quantitative estimate of drug-likeness (QED) is 0.419. The summed E-state index contributed by atoms with van der Waals surface area (Å²) in [4.78, 5) is 16.3. The van der Waals surface area contributed by atoms with Gasteiger partial charge in [-0.05, 0) is 6.20 Å². The molecule has 0 saturated carbocycles. The van der Waals surface area contributed by atoms with Crippen LogP contribution in [0.5, 0.6) is 0 Å². The van der Waals surface area contributed by atoms with E-state index in [9.17, 15) is 0 Å². The first kappa shape index (κ1) is 18.9. The van der Waals surface area contributed by atoms with Crippen molar-refractivity contribution in [3.8, 4) is 0 Å². The van der Waals surface area contributed by atoms with E-state index in [0.29, 0.717) is 5.70 Å². The number of nitrogens with one attached hydrogen (secondary N) is 2. The topological polar surface area (TPSA) is 82.1 Å². The minimum atomic E-state index is 0.337. The molecule has 0 fully saturated rings. The Kier molecular flexibility index (Phi) is 5.68. The maximum atomic E-state index is 8.02. The fourth-order valence-corrected chi connectivity index (χ4v) is 3.22. The van der Waals surface area contributed by atoms with Crippen molar-refractivity contribution in [2.45, 2.75) is 0 Å². The first-order chi connectivity index (χ1) is 14.2. The van der Waals surface area contributed by atoms with Crippen LogP contribution in [0, 0.1) is 6.20 Å². The Balaban J connectivity index is 1.44. The van der Waals surface area contributed by atoms with Gasteiger partial charge >= 0.3 is 120 Å². The van der Waals surface area contributed by atoms with Gasteiger partial charge in [0.05, 0.1) is 0 Å². The summed E-state index contributed by atoms with van der Waals surface area (Å²) < 4.78 is 3.76. The third-order valence-corrected chi connectivity index (χ3v) is 4.97. The van der Waals surface area contributed by atoms with Crippen LogP contribution in [0.15, 0.2) is 94.4 Å². The maximum absolute atomic E-state index is 8.02. The molecule has 0 unspecified atom stereocenters. The van der Waals surface area contributed by atoms with Gasteiger partial charge in [0.2, 0.25) is 0 Å². The van der Waals surface area contributed by atoms with Crippen LogP contribution in [0.25, 0.3) is 17.9 Å². The average Bonchev–Trinajstić information content (AvgIpc) is 3.50. The van der Waals surface area contributed by atoms with Gasteiger partial charge in [0.15, 0.2) is 0 Å². The van der Waals surface area contributed by atoms with Crippen molar-refractivity contribution in [2.24, 2.45) is 9.98 Å². The number of hydrogen-bond acceptors (Lipinski definition) is 3. The Labute approximate surface area is 178 Å². The van der Waals surface area contributed by atoms with Gasteiger partial charge < -0.3 is 15.3 Å². The molecule has 0 atom stereocenters. The van der Waals surface area contributed by atoms with E-state index in [2.05, 4.69) is 30.8 Å². The minimum absolute atomic E-state index is 0.337. The van der Waals surface area contributed by atoms with E-state index in [-0.39, 0.29) is 0 Å². The molecule has 2 aliphatic heterocycles. The molecule has 138 valence electrons. The molecular weight excluding hydrogens is 414 g/mol. The molecule has 0 saturated heterocycles. The van der Waals surface area contributed by atoms with Gasteiger partial charge in [-0.2, -0.15) is 0 Å². The zero-order chi connectivity index (χ0) is 20.1. The number of aromatic nitrogens is 3. The van der Waals surface area contributed by atoms with E-state index in [4.69, 9.17) is 5.73 Å². The summed E-state index contributed by atoms with van der Waals surface area (Å²) >= 11 is 1.10. The summed E-state index contributed by atoms with van der Waals surface area (Å²) in [5.74, 6) is 0. The predicted molar refractivity (Wildman–Crippen MR) is 114 cm³/mol. The molecule has 0 aliphatic carbocycles. The fraction of sp³-hybridized carbons (Fsp3) is 0. The van der Waals surface area contributed by atoms with Crippen LogP contribution in [0.3, 0.4) is 0 Å². The molecule has 0 amide bonds. The van der Waals surface area contributed by atoms with E-state index in [1.54, 1.807) is 35.4 Å². The molecule has 2 aromatic heterocycles. The Morgan fingerprint density at radius 2 is 1.79 bits per heavy atom. The second kappa shape index (κ2) is 8.71. The van der Waals surface area contributed by atoms with Crippen LogP contribution in [0.1, 0.15) is 11.4 Å². The monoisotopic (exact) mass is 428 g/mol. The van der Waals surface area contributed by atoms with Crippen molar-refractivity contribution in [1.82, 2.24) is 14.5 Å². The van der Waals surface area contributed by atoms with Crippen molar-refractivity contribution in [3.63, 3.8) is 0 Å². The normalized spacial score (nSPS) is 19.0. The Morgan fingerprint density at radius 3 is 2.55 bits per heavy atom.